The van der Waals surface area contributed by atoms with Crippen LogP contribution in [0.2, 0.25) is 0 Å². The van der Waals surface area contributed by atoms with Gasteiger partial charge in [0.15, 0.2) is 0 Å². The van der Waals surface area contributed by atoms with Gasteiger partial charge < -0.3 is 5.73 Å². The molecule has 1 atom stereocenters. The molecule has 0 aromatic heterocycles. The molecule has 1 aromatic carbocycles. The molecule has 0 spiro atoms. The highest BCUT2D eigenvalue weighted by Crippen LogP contribution is 2.21. The normalized spacial score (nSPS) is 13.1. The summed E-state index contributed by atoms with van der Waals surface area (Å²) in [5, 5.41) is 0.222. The van der Waals surface area contributed by atoms with Crippen molar-refractivity contribution >= 4 is 16.5 Å². The Morgan fingerprint density at radius 2 is 1.86 bits per heavy atom. The molecule has 0 radical (unpaired) electrons. The van der Waals surface area contributed by atoms with Crippen LogP contribution < -0.4 is 5.73 Å². The number of benzene rings is 1. The monoisotopic (exact) mass is 211 g/mol. The van der Waals surface area contributed by atoms with Crippen LogP contribution in [0.1, 0.15) is 26.7 Å². The largest absolute Gasteiger partial charge is 0.398 e. The van der Waals surface area contributed by atoms with E-state index in [0.717, 1.165) is 17.7 Å². The number of hydrogen-bond acceptors (Lipinski definition) is 2. The van der Waals surface area contributed by atoms with Gasteiger partial charge in [0.25, 0.3) is 0 Å². The lowest BCUT2D eigenvalue weighted by Crippen LogP contribution is -2.14. The van der Waals surface area contributed by atoms with Crippen molar-refractivity contribution in [2.45, 2.75) is 36.8 Å². The van der Waals surface area contributed by atoms with Gasteiger partial charge in [-0.05, 0) is 25.0 Å². The zero-order chi connectivity index (χ0) is 10.6. The minimum Gasteiger partial charge on any atom is -0.398 e. The van der Waals surface area contributed by atoms with E-state index in [9.17, 15) is 4.21 Å². The Labute approximate surface area is 88.0 Å². The van der Waals surface area contributed by atoms with Crippen LogP contribution in [-0.2, 0) is 10.8 Å². The van der Waals surface area contributed by atoms with Crippen molar-refractivity contribution in [1.29, 1.82) is 0 Å². The zero-order valence-corrected chi connectivity index (χ0v) is 9.51. The van der Waals surface area contributed by atoms with Crippen LogP contribution in [0.25, 0.3) is 0 Å². The molecule has 14 heavy (non-hydrogen) atoms. The lowest BCUT2D eigenvalue weighted by molar-refractivity contribution is 0.658. The lowest BCUT2D eigenvalue weighted by atomic mass is 10.3. The van der Waals surface area contributed by atoms with Crippen LogP contribution in [0.3, 0.4) is 0 Å². The minimum atomic E-state index is -0.958. The first-order valence-corrected chi connectivity index (χ1v) is 6.17. The van der Waals surface area contributed by atoms with Crippen LogP contribution in [-0.4, -0.2) is 9.46 Å². The van der Waals surface area contributed by atoms with E-state index in [2.05, 4.69) is 13.8 Å². The Morgan fingerprint density at radius 3 is 2.36 bits per heavy atom. The number of anilines is 1. The summed E-state index contributed by atoms with van der Waals surface area (Å²) in [4.78, 5) is 0.779. The molecule has 3 heteroatoms. The van der Waals surface area contributed by atoms with Gasteiger partial charge in [-0.2, -0.15) is 0 Å². The average Bonchev–Trinajstić information content (AvgIpc) is 2.20. The van der Waals surface area contributed by atoms with Crippen molar-refractivity contribution < 1.29 is 4.21 Å². The molecule has 0 aliphatic carbocycles. The Morgan fingerprint density at radius 1 is 1.29 bits per heavy atom. The van der Waals surface area contributed by atoms with Gasteiger partial charge >= 0.3 is 0 Å². The van der Waals surface area contributed by atoms with E-state index >= 15 is 0 Å². The van der Waals surface area contributed by atoms with Gasteiger partial charge in [-0.3, -0.25) is 4.21 Å². The molecule has 0 saturated heterocycles. The highest BCUT2D eigenvalue weighted by atomic mass is 32.2. The van der Waals surface area contributed by atoms with Crippen molar-refractivity contribution in [2.75, 3.05) is 5.73 Å². The second-order valence-corrected chi connectivity index (χ2v) is 4.98. The molecular formula is C11H17NOS. The van der Waals surface area contributed by atoms with Gasteiger partial charge in [-0.1, -0.05) is 26.0 Å². The molecule has 0 aliphatic rings. The maximum atomic E-state index is 12.1. The smallest absolute Gasteiger partial charge is 0.0620 e. The third-order valence-corrected chi connectivity index (χ3v) is 4.43. The first-order valence-electron chi connectivity index (χ1n) is 4.95. The third kappa shape index (κ3) is 2.35. The predicted octanol–water partition coefficient (Wildman–Crippen LogP) is 2.57. The summed E-state index contributed by atoms with van der Waals surface area (Å²) in [6, 6.07) is 7.40. The molecule has 1 unspecified atom stereocenters. The second kappa shape index (κ2) is 5.15. The number of rotatable bonds is 4. The number of hydrogen-bond donors (Lipinski definition) is 1. The molecule has 0 amide bonds. The van der Waals surface area contributed by atoms with Crippen molar-refractivity contribution in [3.63, 3.8) is 0 Å². The van der Waals surface area contributed by atoms with Crippen LogP contribution in [0.4, 0.5) is 5.69 Å². The molecule has 0 aliphatic heterocycles. The Kier molecular flexibility index (Phi) is 4.14. The van der Waals surface area contributed by atoms with Gasteiger partial charge in [-0.25, -0.2) is 0 Å². The predicted molar refractivity (Wildman–Crippen MR) is 61.6 cm³/mol. The maximum Gasteiger partial charge on any atom is 0.0620 e. The molecule has 0 saturated carbocycles. The summed E-state index contributed by atoms with van der Waals surface area (Å²) in [5.41, 5.74) is 6.41. The van der Waals surface area contributed by atoms with Crippen molar-refractivity contribution in [2.24, 2.45) is 0 Å². The number of nitrogens with two attached hydrogens (primary N) is 1. The fourth-order valence-corrected chi connectivity index (χ4v) is 2.91. The molecule has 0 fully saturated rings. The van der Waals surface area contributed by atoms with Crippen molar-refractivity contribution in [1.82, 2.24) is 0 Å². The number of nitrogen functional groups attached to an aromatic ring is 1. The fourth-order valence-electron chi connectivity index (χ4n) is 1.43. The SMILES string of the molecule is CCC(CC)S(=O)c1ccccc1N. The number of para-hydroxylation sites is 1. The maximum absolute atomic E-state index is 12.1. The highest BCUT2D eigenvalue weighted by Gasteiger charge is 2.15. The average molecular weight is 211 g/mol. The van der Waals surface area contributed by atoms with E-state index < -0.39 is 10.8 Å². The Balaban J connectivity index is 2.94. The quantitative estimate of drug-likeness (QED) is 0.778. The lowest BCUT2D eigenvalue weighted by Gasteiger charge is -2.13. The first kappa shape index (κ1) is 11.2. The topological polar surface area (TPSA) is 43.1 Å². The van der Waals surface area contributed by atoms with Crippen LogP contribution in [0.5, 0.6) is 0 Å². The van der Waals surface area contributed by atoms with Gasteiger partial charge in [0.2, 0.25) is 0 Å². The van der Waals surface area contributed by atoms with Crippen LogP contribution >= 0.6 is 0 Å². The van der Waals surface area contributed by atoms with Crippen molar-refractivity contribution in [3.05, 3.63) is 24.3 Å². The van der Waals surface area contributed by atoms with Crippen molar-refractivity contribution in [3.8, 4) is 0 Å². The molecular weight excluding hydrogens is 194 g/mol. The first-order chi connectivity index (χ1) is 6.70. The van der Waals surface area contributed by atoms with Crippen LogP contribution in [0, 0.1) is 0 Å². The molecule has 0 heterocycles. The van der Waals surface area contributed by atoms with Gasteiger partial charge in [-0.15, -0.1) is 0 Å². The second-order valence-electron chi connectivity index (χ2n) is 3.27. The standard InChI is InChI=1S/C11H17NOS/c1-3-9(4-2)14(13)11-8-6-5-7-10(11)12/h5-9H,3-4,12H2,1-2H3. The third-order valence-electron chi connectivity index (χ3n) is 2.35. The van der Waals surface area contributed by atoms with E-state index in [1.807, 2.05) is 18.2 Å². The van der Waals surface area contributed by atoms with Gasteiger partial charge in [0, 0.05) is 10.9 Å². The zero-order valence-electron chi connectivity index (χ0n) is 8.69. The summed E-state index contributed by atoms with van der Waals surface area (Å²) in [6.45, 7) is 4.12. The molecule has 2 nitrogen and oxygen atoms in total. The summed E-state index contributed by atoms with van der Waals surface area (Å²) < 4.78 is 12.1. The molecule has 1 aromatic rings. The van der Waals surface area contributed by atoms with Crippen LogP contribution in [0.15, 0.2) is 29.2 Å². The Hall–Kier alpha value is -0.830. The molecule has 0 bridgehead atoms. The van der Waals surface area contributed by atoms with Gasteiger partial charge in [0.1, 0.15) is 0 Å². The molecule has 78 valence electrons. The summed E-state index contributed by atoms with van der Waals surface area (Å²) in [6.07, 6.45) is 1.86. The van der Waals surface area contributed by atoms with Gasteiger partial charge in [0.05, 0.1) is 15.7 Å². The van der Waals surface area contributed by atoms with E-state index in [1.165, 1.54) is 0 Å². The minimum absolute atomic E-state index is 0.222. The Bertz CT molecular complexity index is 321. The van der Waals surface area contributed by atoms with E-state index in [1.54, 1.807) is 6.07 Å². The highest BCUT2D eigenvalue weighted by molar-refractivity contribution is 7.85. The summed E-state index contributed by atoms with van der Waals surface area (Å²) in [5.74, 6) is 0. The fraction of sp³-hybridized carbons (Fsp3) is 0.455. The summed E-state index contributed by atoms with van der Waals surface area (Å²) >= 11 is 0. The van der Waals surface area contributed by atoms with E-state index in [0.29, 0.717) is 5.69 Å². The van der Waals surface area contributed by atoms with E-state index in [4.69, 9.17) is 5.73 Å². The van der Waals surface area contributed by atoms with E-state index in [-0.39, 0.29) is 5.25 Å². The molecule has 2 N–H and O–H groups in total. The molecule has 1 rings (SSSR count). The summed E-state index contributed by atoms with van der Waals surface area (Å²) in [7, 11) is -0.958.